The highest BCUT2D eigenvalue weighted by Crippen LogP contribution is 2.17. The van der Waals surface area contributed by atoms with Crippen molar-refractivity contribution < 1.29 is 9.90 Å². The maximum absolute atomic E-state index is 10.6. The molecule has 6 nitrogen and oxygen atoms in total. The molecule has 0 unspecified atom stereocenters. The van der Waals surface area contributed by atoms with E-state index in [-0.39, 0.29) is 5.56 Å². The van der Waals surface area contributed by atoms with Gasteiger partial charge in [0.25, 0.3) is 0 Å². The number of aryl methyl sites for hydroxylation is 1. The Bertz CT molecular complexity index is 990. The number of aromatic nitrogens is 4. The number of carboxylic acids is 1. The maximum atomic E-state index is 10.6. The summed E-state index contributed by atoms with van der Waals surface area (Å²) in [7, 11) is 0. The molecule has 4 rings (SSSR count). The van der Waals surface area contributed by atoms with E-state index in [2.05, 4.69) is 39.1 Å². The Labute approximate surface area is 140 Å². The molecule has 0 saturated heterocycles. The number of hydrogen-bond acceptors (Lipinski definition) is 3. The zero-order valence-electron chi connectivity index (χ0n) is 12.2. The first-order chi connectivity index (χ1) is 11.1. The van der Waals surface area contributed by atoms with Crippen LogP contribution in [0.2, 0.25) is 0 Å². The molecule has 23 heavy (non-hydrogen) atoms. The average Bonchev–Trinajstić information content (AvgIpc) is 3.12. The largest absolute Gasteiger partial charge is 0.478 e. The van der Waals surface area contributed by atoms with Gasteiger partial charge in [0.15, 0.2) is 0 Å². The van der Waals surface area contributed by atoms with Gasteiger partial charge in [-0.15, -0.1) is 0 Å². The van der Waals surface area contributed by atoms with Crippen LogP contribution in [-0.4, -0.2) is 30.3 Å². The van der Waals surface area contributed by atoms with Crippen LogP contribution in [0, 0.1) is 6.92 Å². The molecular formula is C16H13BrN4O2. The van der Waals surface area contributed by atoms with E-state index in [4.69, 9.17) is 5.11 Å². The Morgan fingerprint density at radius 2 is 1.87 bits per heavy atom. The van der Waals surface area contributed by atoms with Gasteiger partial charge in [0.2, 0.25) is 0 Å². The number of nitrogens with zero attached hydrogens (tertiary/aromatic N) is 4. The highest BCUT2D eigenvalue weighted by atomic mass is 79.9. The molecule has 0 atom stereocenters. The lowest BCUT2D eigenvalue weighted by Crippen LogP contribution is -1.94. The molecule has 4 heterocycles. The molecule has 0 aliphatic carbocycles. The van der Waals surface area contributed by atoms with E-state index in [1.165, 1.54) is 16.3 Å². The van der Waals surface area contributed by atoms with Crippen LogP contribution in [0.25, 0.3) is 11.0 Å². The maximum Gasteiger partial charge on any atom is 0.339 e. The normalized spacial score (nSPS) is 10.5. The van der Waals surface area contributed by atoms with Crippen molar-refractivity contribution in [3.8, 4) is 0 Å². The number of carbonyl (C=O) groups is 1. The minimum absolute atomic E-state index is 0.232. The van der Waals surface area contributed by atoms with Crippen LogP contribution < -0.4 is 0 Å². The van der Waals surface area contributed by atoms with Crippen LogP contribution in [0.15, 0.2) is 59.6 Å². The standard InChI is InChI=1S/C8H7BrN2.C8H6N2O2/c1-6-2-3-8-7(9)4-10-11(8)5-6;11-8(12)6-5-9-10-4-2-1-3-7(6)10/h2-5H,1H3;1-5H,(H,11,12). The first kappa shape index (κ1) is 15.2. The summed E-state index contributed by atoms with van der Waals surface area (Å²) in [5.74, 6) is -0.948. The van der Waals surface area contributed by atoms with Gasteiger partial charge in [-0.25, -0.2) is 13.8 Å². The summed E-state index contributed by atoms with van der Waals surface area (Å²) in [5.41, 5.74) is 3.17. The molecule has 0 fully saturated rings. The summed E-state index contributed by atoms with van der Waals surface area (Å²) in [6.07, 6.45) is 6.86. The highest BCUT2D eigenvalue weighted by Gasteiger charge is 2.09. The third-order valence-corrected chi connectivity index (χ3v) is 3.88. The fourth-order valence-electron chi connectivity index (χ4n) is 2.16. The van der Waals surface area contributed by atoms with Gasteiger partial charge in [-0.1, -0.05) is 12.1 Å². The molecule has 0 radical (unpaired) electrons. The Hall–Kier alpha value is -2.67. The van der Waals surface area contributed by atoms with Gasteiger partial charge in [0.05, 0.1) is 27.9 Å². The van der Waals surface area contributed by atoms with Crippen LogP contribution in [0.3, 0.4) is 0 Å². The Morgan fingerprint density at radius 3 is 2.65 bits per heavy atom. The third-order valence-electron chi connectivity index (χ3n) is 3.27. The van der Waals surface area contributed by atoms with E-state index >= 15 is 0 Å². The van der Waals surface area contributed by atoms with Crippen molar-refractivity contribution in [2.45, 2.75) is 6.92 Å². The van der Waals surface area contributed by atoms with Crippen LogP contribution in [0.5, 0.6) is 0 Å². The molecule has 0 saturated carbocycles. The molecule has 7 heteroatoms. The molecule has 0 aliphatic rings. The topological polar surface area (TPSA) is 71.9 Å². The molecule has 1 N–H and O–H groups in total. The number of hydrogen-bond donors (Lipinski definition) is 1. The van der Waals surface area contributed by atoms with Crippen molar-refractivity contribution in [3.63, 3.8) is 0 Å². The molecule has 0 aliphatic heterocycles. The monoisotopic (exact) mass is 372 g/mol. The summed E-state index contributed by atoms with van der Waals surface area (Å²) < 4.78 is 4.43. The molecule has 0 aromatic carbocycles. The molecule has 116 valence electrons. The fraction of sp³-hybridized carbons (Fsp3) is 0.0625. The second kappa shape index (κ2) is 6.21. The van der Waals surface area contributed by atoms with Crippen LogP contribution >= 0.6 is 15.9 Å². The van der Waals surface area contributed by atoms with Crippen LogP contribution in [0.4, 0.5) is 0 Å². The van der Waals surface area contributed by atoms with Crippen molar-refractivity contribution >= 4 is 32.9 Å². The van der Waals surface area contributed by atoms with Gasteiger partial charge in [-0.05, 0) is 46.6 Å². The van der Waals surface area contributed by atoms with E-state index in [0.717, 1.165) is 9.99 Å². The SMILES string of the molecule is Cc1ccc2c(Br)cnn2c1.O=C(O)c1cnn2ccccc12. The van der Waals surface area contributed by atoms with Gasteiger partial charge in [0, 0.05) is 12.4 Å². The molecule has 4 aromatic heterocycles. The molecule has 0 spiro atoms. The van der Waals surface area contributed by atoms with Crippen LogP contribution in [0.1, 0.15) is 15.9 Å². The average molecular weight is 373 g/mol. The van der Waals surface area contributed by atoms with Crippen molar-refractivity contribution in [1.29, 1.82) is 0 Å². The Kier molecular flexibility index (Phi) is 4.12. The lowest BCUT2D eigenvalue weighted by molar-refractivity contribution is 0.0699. The summed E-state index contributed by atoms with van der Waals surface area (Å²) in [4.78, 5) is 10.6. The van der Waals surface area contributed by atoms with Gasteiger partial charge < -0.3 is 5.11 Å². The smallest absolute Gasteiger partial charge is 0.339 e. The lowest BCUT2D eigenvalue weighted by atomic mass is 10.3. The van der Waals surface area contributed by atoms with E-state index in [1.807, 2.05) is 16.8 Å². The summed E-state index contributed by atoms with van der Waals surface area (Å²) in [6.45, 7) is 2.05. The van der Waals surface area contributed by atoms with Crippen molar-refractivity contribution in [1.82, 2.24) is 19.2 Å². The first-order valence-electron chi connectivity index (χ1n) is 6.81. The summed E-state index contributed by atoms with van der Waals surface area (Å²) in [5, 5.41) is 16.7. The van der Waals surface area contributed by atoms with E-state index in [9.17, 15) is 4.79 Å². The zero-order valence-corrected chi connectivity index (χ0v) is 13.8. The quantitative estimate of drug-likeness (QED) is 0.555. The molecule has 0 amide bonds. The van der Waals surface area contributed by atoms with E-state index in [0.29, 0.717) is 5.52 Å². The van der Waals surface area contributed by atoms with Crippen molar-refractivity contribution in [2.24, 2.45) is 0 Å². The van der Waals surface area contributed by atoms with Crippen molar-refractivity contribution in [3.05, 3.63) is 70.7 Å². The molecule has 0 bridgehead atoms. The first-order valence-corrected chi connectivity index (χ1v) is 7.61. The second-order valence-corrected chi connectivity index (χ2v) is 5.78. The van der Waals surface area contributed by atoms with Crippen molar-refractivity contribution in [2.75, 3.05) is 0 Å². The summed E-state index contributed by atoms with van der Waals surface area (Å²) in [6, 6.07) is 9.42. The predicted octanol–water partition coefficient (Wildman–Crippen LogP) is 3.44. The number of rotatable bonds is 1. The van der Waals surface area contributed by atoms with Gasteiger partial charge >= 0.3 is 5.97 Å². The molecule has 4 aromatic rings. The summed E-state index contributed by atoms with van der Waals surface area (Å²) >= 11 is 3.41. The Morgan fingerprint density at radius 1 is 1.09 bits per heavy atom. The van der Waals surface area contributed by atoms with E-state index in [1.54, 1.807) is 30.6 Å². The van der Waals surface area contributed by atoms with Gasteiger partial charge in [-0.2, -0.15) is 10.2 Å². The number of pyridine rings is 2. The number of halogens is 1. The predicted molar refractivity (Wildman–Crippen MR) is 89.8 cm³/mol. The fourth-order valence-corrected chi connectivity index (χ4v) is 2.56. The third kappa shape index (κ3) is 3.09. The van der Waals surface area contributed by atoms with Crippen LogP contribution in [-0.2, 0) is 0 Å². The van der Waals surface area contributed by atoms with Gasteiger partial charge in [0.1, 0.15) is 5.56 Å². The van der Waals surface area contributed by atoms with Gasteiger partial charge in [-0.3, -0.25) is 0 Å². The molecular weight excluding hydrogens is 360 g/mol. The second-order valence-electron chi connectivity index (χ2n) is 4.92. The lowest BCUT2D eigenvalue weighted by Gasteiger charge is -1.94. The minimum Gasteiger partial charge on any atom is -0.478 e. The number of carboxylic acid groups (broad SMARTS) is 1. The Balaban J connectivity index is 0.000000136. The van der Waals surface area contributed by atoms with E-state index < -0.39 is 5.97 Å². The minimum atomic E-state index is -0.948. The number of aromatic carboxylic acids is 1. The number of fused-ring (bicyclic) bond motifs is 2. The zero-order chi connectivity index (χ0) is 16.4. The highest BCUT2D eigenvalue weighted by molar-refractivity contribution is 9.10.